The van der Waals surface area contributed by atoms with E-state index < -0.39 is 0 Å². The molecule has 1 aromatic carbocycles. The number of nitrogens with zero attached hydrogens (tertiary/aromatic N) is 3. The van der Waals surface area contributed by atoms with Gasteiger partial charge in [-0.2, -0.15) is 0 Å². The van der Waals surface area contributed by atoms with Gasteiger partial charge < -0.3 is 5.32 Å². The van der Waals surface area contributed by atoms with Crippen molar-refractivity contribution in [3.05, 3.63) is 58.6 Å². The van der Waals surface area contributed by atoms with Crippen molar-refractivity contribution < 1.29 is 4.79 Å². The quantitative estimate of drug-likeness (QED) is 0.775. The highest BCUT2D eigenvalue weighted by atomic mass is 79.9. The zero-order valence-electron chi connectivity index (χ0n) is 11.2. The van der Waals surface area contributed by atoms with Crippen LogP contribution in [0.5, 0.6) is 0 Å². The maximum absolute atomic E-state index is 12.4. The van der Waals surface area contributed by atoms with Gasteiger partial charge in [0.2, 0.25) is 0 Å². The van der Waals surface area contributed by atoms with Crippen LogP contribution in [0.2, 0.25) is 0 Å². The fraction of sp³-hybridized carbons (Fsp3) is 0.0667. The first-order valence-electron chi connectivity index (χ1n) is 6.29. The smallest absolute Gasteiger partial charge is 0.257 e. The molecule has 0 saturated carbocycles. The Labute approximate surface area is 129 Å². The van der Waals surface area contributed by atoms with E-state index in [0.717, 1.165) is 16.6 Å². The Hall–Kier alpha value is -2.34. The van der Waals surface area contributed by atoms with E-state index in [1.807, 2.05) is 31.2 Å². The van der Waals surface area contributed by atoms with E-state index in [2.05, 4.69) is 36.2 Å². The van der Waals surface area contributed by atoms with E-state index >= 15 is 0 Å². The third kappa shape index (κ3) is 2.90. The molecule has 5 nitrogen and oxygen atoms in total. The second kappa shape index (κ2) is 5.57. The molecule has 1 N–H and O–H groups in total. The Morgan fingerprint density at radius 1 is 1.19 bits per heavy atom. The minimum Gasteiger partial charge on any atom is -0.305 e. The summed E-state index contributed by atoms with van der Waals surface area (Å²) in [6.45, 7) is 1.86. The molecule has 6 heteroatoms. The van der Waals surface area contributed by atoms with E-state index in [4.69, 9.17) is 0 Å². The lowest BCUT2D eigenvalue weighted by Gasteiger charge is -2.08. The average Bonchev–Trinajstić information content (AvgIpc) is 2.48. The van der Waals surface area contributed by atoms with Crippen molar-refractivity contribution >= 4 is 38.6 Å². The summed E-state index contributed by atoms with van der Waals surface area (Å²) in [6.07, 6.45) is 3.03. The third-order valence-corrected chi connectivity index (χ3v) is 3.36. The fourth-order valence-electron chi connectivity index (χ4n) is 2.06. The number of carbonyl (C=O) groups is 1. The van der Waals surface area contributed by atoms with Crippen molar-refractivity contribution in [2.24, 2.45) is 0 Å². The summed E-state index contributed by atoms with van der Waals surface area (Å²) in [5.41, 5.74) is 2.16. The molecule has 0 radical (unpaired) electrons. The van der Waals surface area contributed by atoms with Crippen LogP contribution in [0.4, 0.5) is 5.82 Å². The van der Waals surface area contributed by atoms with Crippen LogP contribution in [0.1, 0.15) is 16.1 Å². The maximum Gasteiger partial charge on any atom is 0.257 e. The standard InChI is InChI=1S/C15H11BrN4O/c1-9-6-11(10-4-2-3-5-12(10)19-9)15(21)20-14-8-17-13(16)7-18-14/h2-8H,1H3,(H,18,20,21). The van der Waals surface area contributed by atoms with Gasteiger partial charge in [0, 0.05) is 11.1 Å². The Morgan fingerprint density at radius 2 is 2.00 bits per heavy atom. The molecule has 0 bridgehead atoms. The molecule has 3 aromatic rings. The van der Waals surface area contributed by atoms with Crippen molar-refractivity contribution in [3.63, 3.8) is 0 Å². The Balaban J connectivity index is 1.99. The number of hydrogen-bond donors (Lipinski definition) is 1. The Bertz CT molecular complexity index is 818. The molecule has 2 aromatic heterocycles. The SMILES string of the molecule is Cc1cc(C(=O)Nc2cnc(Br)cn2)c2ccccc2n1. The van der Waals surface area contributed by atoms with Crippen LogP contribution in [-0.4, -0.2) is 20.9 Å². The monoisotopic (exact) mass is 342 g/mol. The van der Waals surface area contributed by atoms with Gasteiger partial charge in [-0.05, 0) is 35.0 Å². The predicted molar refractivity (Wildman–Crippen MR) is 84.2 cm³/mol. The van der Waals surface area contributed by atoms with E-state index in [0.29, 0.717) is 16.0 Å². The number of benzene rings is 1. The lowest BCUT2D eigenvalue weighted by Crippen LogP contribution is -2.14. The summed E-state index contributed by atoms with van der Waals surface area (Å²) in [5.74, 6) is 0.176. The van der Waals surface area contributed by atoms with Crippen molar-refractivity contribution in [1.82, 2.24) is 15.0 Å². The molecule has 0 aliphatic rings. The number of hydrogen-bond acceptors (Lipinski definition) is 4. The normalized spacial score (nSPS) is 10.6. The average molecular weight is 343 g/mol. The Morgan fingerprint density at radius 3 is 2.76 bits per heavy atom. The first kappa shape index (κ1) is 13.6. The van der Waals surface area contributed by atoms with E-state index in [-0.39, 0.29) is 5.91 Å². The maximum atomic E-state index is 12.4. The molecule has 2 heterocycles. The molecule has 1 amide bonds. The van der Waals surface area contributed by atoms with Crippen LogP contribution in [-0.2, 0) is 0 Å². The second-order valence-corrected chi connectivity index (χ2v) is 5.32. The number of para-hydroxylation sites is 1. The molecule has 0 atom stereocenters. The molecule has 104 valence electrons. The number of nitrogens with one attached hydrogen (secondary N) is 1. The minimum absolute atomic E-state index is 0.228. The van der Waals surface area contributed by atoms with E-state index in [1.165, 1.54) is 12.4 Å². The lowest BCUT2D eigenvalue weighted by atomic mass is 10.1. The van der Waals surface area contributed by atoms with Gasteiger partial charge in [-0.15, -0.1) is 0 Å². The number of pyridine rings is 1. The first-order valence-corrected chi connectivity index (χ1v) is 7.08. The second-order valence-electron chi connectivity index (χ2n) is 4.51. The summed E-state index contributed by atoms with van der Waals surface area (Å²) in [4.78, 5) is 25.0. The van der Waals surface area contributed by atoms with Crippen LogP contribution in [0.25, 0.3) is 10.9 Å². The molecule has 0 saturated heterocycles. The van der Waals surface area contributed by atoms with Gasteiger partial charge in [0.1, 0.15) is 4.60 Å². The Kier molecular flexibility index (Phi) is 3.62. The molecule has 0 unspecified atom stereocenters. The van der Waals surface area contributed by atoms with Gasteiger partial charge in [0.05, 0.1) is 23.5 Å². The number of anilines is 1. The third-order valence-electron chi connectivity index (χ3n) is 2.95. The largest absolute Gasteiger partial charge is 0.305 e. The zero-order chi connectivity index (χ0) is 14.8. The summed E-state index contributed by atoms with van der Waals surface area (Å²) in [5, 5.41) is 3.55. The highest BCUT2D eigenvalue weighted by molar-refractivity contribution is 9.10. The number of rotatable bonds is 2. The highest BCUT2D eigenvalue weighted by Crippen LogP contribution is 2.19. The summed E-state index contributed by atoms with van der Waals surface area (Å²) >= 11 is 3.20. The van der Waals surface area contributed by atoms with E-state index in [1.54, 1.807) is 6.07 Å². The minimum atomic E-state index is -0.228. The van der Waals surface area contributed by atoms with Gasteiger partial charge in [0.25, 0.3) is 5.91 Å². The number of fused-ring (bicyclic) bond motifs is 1. The topological polar surface area (TPSA) is 67.8 Å². The predicted octanol–water partition coefficient (Wildman–Crippen LogP) is 3.35. The molecule has 0 aliphatic carbocycles. The van der Waals surface area contributed by atoms with Crippen molar-refractivity contribution in [3.8, 4) is 0 Å². The van der Waals surface area contributed by atoms with Crippen LogP contribution >= 0.6 is 15.9 Å². The van der Waals surface area contributed by atoms with Gasteiger partial charge >= 0.3 is 0 Å². The van der Waals surface area contributed by atoms with Crippen molar-refractivity contribution in [1.29, 1.82) is 0 Å². The van der Waals surface area contributed by atoms with Gasteiger partial charge in [-0.1, -0.05) is 18.2 Å². The highest BCUT2D eigenvalue weighted by Gasteiger charge is 2.12. The molecule has 3 rings (SSSR count). The number of aryl methyl sites for hydroxylation is 1. The molecular formula is C15H11BrN4O. The molecule has 0 aliphatic heterocycles. The van der Waals surface area contributed by atoms with Gasteiger partial charge in [-0.3, -0.25) is 9.78 Å². The van der Waals surface area contributed by atoms with E-state index in [9.17, 15) is 4.79 Å². The van der Waals surface area contributed by atoms with Crippen LogP contribution < -0.4 is 5.32 Å². The van der Waals surface area contributed by atoms with Crippen molar-refractivity contribution in [2.75, 3.05) is 5.32 Å². The number of amides is 1. The zero-order valence-corrected chi connectivity index (χ0v) is 12.8. The van der Waals surface area contributed by atoms with Gasteiger partial charge in [0.15, 0.2) is 5.82 Å². The number of halogens is 1. The number of carbonyl (C=O) groups excluding carboxylic acids is 1. The summed E-state index contributed by atoms with van der Waals surface area (Å²) in [7, 11) is 0. The van der Waals surface area contributed by atoms with Crippen molar-refractivity contribution in [2.45, 2.75) is 6.92 Å². The molecule has 0 spiro atoms. The molecule has 21 heavy (non-hydrogen) atoms. The molecular weight excluding hydrogens is 332 g/mol. The van der Waals surface area contributed by atoms with Crippen LogP contribution in [0.3, 0.4) is 0 Å². The first-order chi connectivity index (χ1) is 10.1. The van der Waals surface area contributed by atoms with Gasteiger partial charge in [-0.25, -0.2) is 9.97 Å². The van der Waals surface area contributed by atoms with Crippen LogP contribution in [0.15, 0.2) is 47.3 Å². The lowest BCUT2D eigenvalue weighted by molar-refractivity contribution is 0.102. The van der Waals surface area contributed by atoms with Crippen LogP contribution in [0, 0.1) is 6.92 Å². The fourth-order valence-corrected chi connectivity index (χ4v) is 2.26. The summed E-state index contributed by atoms with van der Waals surface area (Å²) in [6, 6.07) is 9.32. The molecule has 0 fully saturated rings. The summed E-state index contributed by atoms with van der Waals surface area (Å²) < 4.78 is 0.616. The number of aromatic nitrogens is 3.